The number of rotatable bonds is 4. The van der Waals surface area contributed by atoms with Crippen molar-refractivity contribution < 1.29 is 0 Å². The Balaban J connectivity index is 1.84. The highest BCUT2D eigenvalue weighted by atomic mass is 16.1. The van der Waals surface area contributed by atoms with Gasteiger partial charge in [0.2, 0.25) is 0 Å². The molecule has 0 atom stereocenters. The van der Waals surface area contributed by atoms with Crippen LogP contribution in [0, 0.1) is 0 Å². The average Bonchev–Trinajstić information content (AvgIpc) is 2.76. The van der Waals surface area contributed by atoms with Crippen LogP contribution < -0.4 is 11.3 Å². The standard InChI is InChI=1S/C11H18N4O/c12-10-4-5-11(16)15(13-10)9-3-8-14-6-1-2-7-14/h4-5H,1-3,6-9H2,(H2,12,13). The van der Waals surface area contributed by atoms with E-state index in [1.807, 2.05) is 0 Å². The molecular formula is C11H18N4O. The van der Waals surface area contributed by atoms with Crippen LogP contribution in [0.25, 0.3) is 0 Å². The Bertz CT molecular complexity index is 395. The number of aromatic nitrogens is 2. The molecule has 1 aliphatic heterocycles. The highest BCUT2D eigenvalue weighted by Gasteiger charge is 2.10. The summed E-state index contributed by atoms with van der Waals surface area (Å²) in [5.74, 6) is 0.403. The molecule has 5 nitrogen and oxygen atoms in total. The number of nitrogens with two attached hydrogens (primary N) is 1. The molecule has 1 aliphatic rings. The molecule has 16 heavy (non-hydrogen) atoms. The molecule has 0 amide bonds. The molecule has 0 spiro atoms. The lowest BCUT2D eigenvalue weighted by atomic mass is 10.4. The number of likely N-dealkylation sites (tertiary alicyclic amines) is 1. The molecule has 0 aromatic carbocycles. The summed E-state index contributed by atoms with van der Waals surface area (Å²) >= 11 is 0. The molecule has 0 aliphatic carbocycles. The third-order valence-electron chi connectivity index (χ3n) is 2.93. The van der Waals surface area contributed by atoms with E-state index in [-0.39, 0.29) is 5.56 Å². The third-order valence-corrected chi connectivity index (χ3v) is 2.93. The van der Waals surface area contributed by atoms with Gasteiger partial charge >= 0.3 is 0 Å². The van der Waals surface area contributed by atoms with Gasteiger partial charge in [0.25, 0.3) is 5.56 Å². The zero-order valence-corrected chi connectivity index (χ0v) is 9.43. The van der Waals surface area contributed by atoms with Crippen molar-refractivity contribution in [3.05, 3.63) is 22.5 Å². The first-order valence-corrected chi connectivity index (χ1v) is 5.82. The summed E-state index contributed by atoms with van der Waals surface area (Å²) in [6.07, 6.45) is 3.56. The molecule has 0 saturated carbocycles. The van der Waals surface area contributed by atoms with Crippen molar-refractivity contribution in [1.29, 1.82) is 0 Å². The number of anilines is 1. The van der Waals surface area contributed by atoms with Gasteiger partial charge in [-0.05, 0) is 45.0 Å². The fourth-order valence-corrected chi connectivity index (χ4v) is 2.08. The maximum atomic E-state index is 11.4. The van der Waals surface area contributed by atoms with Crippen molar-refractivity contribution in [2.75, 3.05) is 25.4 Å². The second-order valence-corrected chi connectivity index (χ2v) is 4.22. The Morgan fingerprint density at radius 2 is 2.00 bits per heavy atom. The lowest BCUT2D eigenvalue weighted by Gasteiger charge is -2.14. The summed E-state index contributed by atoms with van der Waals surface area (Å²) in [5.41, 5.74) is 5.47. The van der Waals surface area contributed by atoms with E-state index in [0.29, 0.717) is 12.4 Å². The van der Waals surface area contributed by atoms with Gasteiger partial charge in [-0.1, -0.05) is 0 Å². The Labute approximate surface area is 94.9 Å². The van der Waals surface area contributed by atoms with Crippen LogP contribution in [0.3, 0.4) is 0 Å². The van der Waals surface area contributed by atoms with Gasteiger partial charge in [0, 0.05) is 12.6 Å². The van der Waals surface area contributed by atoms with E-state index in [4.69, 9.17) is 5.73 Å². The largest absolute Gasteiger partial charge is 0.382 e. The molecule has 0 bridgehead atoms. The molecular weight excluding hydrogens is 204 g/mol. The third kappa shape index (κ3) is 2.82. The fraction of sp³-hybridized carbons (Fsp3) is 0.636. The van der Waals surface area contributed by atoms with E-state index < -0.39 is 0 Å². The number of hydrogen-bond donors (Lipinski definition) is 1. The number of hydrogen-bond acceptors (Lipinski definition) is 4. The van der Waals surface area contributed by atoms with Gasteiger partial charge < -0.3 is 10.6 Å². The monoisotopic (exact) mass is 222 g/mol. The van der Waals surface area contributed by atoms with Crippen LogP contribution in [0.4, 0.5) is 5.82 Å². The summed E-state index contributed by atoms with van der Waals surface area (Å²) in [7, 11) is 0. The van der Waals surface area contributed by atoms with Gasteiger partial charge in [-0.2, -0.15) is 5.10 Å². The smallest absolute Gasteiger partial charge is 0.266 e. The van der Waals surface area contributed by atoms with Crippen molar-refractivity contribution in [2.45, 2.75) is 25.8 Å². The first-order valence-electron chi connectivity index (χ1n) is 5.82. The molecule has 1 aromatic heterocycles. The second-order valence-electron chi connectivity index (χ2n) is 4.22. The van der Waals surface area contributed by atoms with Gasteiger partial charge in [0.15, 0.2) is 0 Å². The highest BCUT2D eigenvalue weighted by molar-refractivity contribution is 5.23. The van der Waals surface area contributed by atoms with Crippen molar-refractivity contribution in [2.24, 2.45) is 0 Å². The van der Waals surface area contributed by atoms with Gasteiger partial charge in [-0.15, -0.1) is 0 Å². The Morgan fingerprint density at radius 3 is 2.75 bits per heavy atom. The molecule has 1 saturated heterocycles. The van der Waals surface area contributed by atoms with Crippen LogP contribution in [0.15, 0.2) is 16.9 Å². The van der Waals surface area contributed by atoms with E-state index in [9.17, 15) is 4.79 Å². The van der Waals surface area contributed by atoms with E-state index >= 15 is 0 Å². The predicted octanol–water partition coefficient (Wildman–Crippen LogP) is 0.311. The minimum absolute atomic E-state index is 0.0735. The van der Waals surface area contributed by atoms with Crippen LogP contribution >= 0.6 is 0 Å². The first kappa shape index (κ1) is 11.1. The molecule has 2 rings (SSSR count). The maximum Gasteiger partial charge on any atom is 0.266 e. The van der Waals surface area contributed by atoms with Gasteiger partial charge in [0.05, 0.1) is 0 Å². The van der Waals surface area contributed by atoms with E-state index in [1.165, 1.54) is 36.7 Å². The Hall–Kier alpha value is -1.36. The van der Waals surface area contributed by atoms with Crippen LogP contribution in [0.5, 0.6) is 0 Å². The summed E-state index contributed by atoms with van der Waals surface area (Å²) in [5, 5.41) is 4.00. The zero-order chi connectivity index (χ0) is 11.4. The topological polar surface area (TPSA) is 64.2 Å². The normalized spacial score (nSPS) is 16.8. The van der Waals surface area contributed by atoms with E-state index in [1.54, 1.807) is 6.07 Å². The zero-order valence-electron chi connectivity index (χ0n) is 9.43. The fourth-order valence-electron chi connectivity index (χ4n) is 2.08. The van der Waals surface area contributed by atoms with Crippen molar-refractivity contribution >= 4 is 5.82 Å². The Kier molecular flexibility index (Phi) is 3.56. The maximum absolute atomic E-state index is 11.4. The van der Waals surface area contributed by atoms with Crippen LogP contribution in [0.1, 0.15) is 19.3 Å². The minimum Gasteiger partial charge on any atom is -0.382 e. The van der Waals surface area contributed by atoms with Gasteiger partial charge in [-0.3, -0.25) is 4.79 Å². The van der Waals surface area contributed by atoms with E-state index in [0.717, 1.165) is 13.0 Å². The van der Waals surface area contributed by atoms with Crippen molar-refractivity contribution in [3.63, 3.8) is 0 Å². The lowest BCUT2D eigenvalue weighted by Crippen LogP contribution is -2.26. The highest BCUT2D eigenvalue weighted by Crippen LogP contribution is 2.07. The predicted molar refractivity (Wildman–Crippen MR) is 63.2 cm³/mol. The SMILES string of the molecule is Nc1ccc(=O)n(CCCN2CCCC2)n1. The average molecular weight is 222 g/mol. The molecule has 1 fully saturated rings. The van der Waals surface area contributed by atoms with Crippen LogP contribution in [0.2, 0.25) is 0 Å². The molecule has 5 heteroatoms. The summed E-state index contributed by atoms with van der Waals surface area (Å²) in [6.45, 7) is 4.09. The first-order chi connectivity index (χ1) is 7.75. The van der Waals surface area contributed by atoms with Crippen LogP contribution in [-0.2, 0) is 6.54 Å². The quantitative estimate of drug-likeness (QED) is 0.796. The van der Waals surface area contributed by atoms with Crippen molar-refractivity contribution in [3.8, 4) is 0 Å². The molecule has 0 unspecified atom stereocenters. The molecule has 1 aromatic rings. The number of nitrogen functional groups attached to an aromatic ring is 1. The molecule has 0 radical (unpaired) electrons. The molecule has 88 valence electrons. The summed E-state index contributed by atoms with van der Waals surface area (Å²) in [4.78, 5) is 13.9. The molecule has 2 heterocycles. The van der Waals surface area contributed by atoms with Gasteiger partial charge in [-0.25, -0.2) is 4.68 Å². The minimum atomic E-state index is -0.0735. The summed E-state index contributed by atoms with van der Waals surface area (Å²) < 4.78 is 1.45. The number of nitrogens with zero attached hydrogens (tertiary/aromatic N) is 3. The van der Waals surface area contributed by atoms with Gasteiger partial charge in [0.1, 0.15) is 5.82 Å². The number of aryl methyl sites for hydroxylation is 1. The van der Waals surface area contributed by atoms with E-state index in [2.05, 4.69) is 10.00 Å². The second kappa shape index (κ2) is 5.12. The Morgan fingerprint density at radius 1 is 1.25 bits per heavy atom. The molecule has 2 N–H and O–H groups in total. The van der Waals surface area contributed by atoms with Crippen molar-refractivity contribution in [1.82, 2.24) is 14.7 Å². The summed E-state index contributed by atoms with van der Waals surface area (Å²) in [6, 6.07) is 3.01. The lowest BCUT2D eigenvalue weighted by molar-refractivity contribution is 0.320. The van der Waals surface area contributed by atoms with Crippen LogP contribution in [-0.4, -0.2) is 34.3 Å².